The molecule has 1 saturated carbocycles. The summed E-state index contributed by atoms with van der Waals surface area (Å²) >= 11 is 3.24. The molecule has 11 rings (SSSR count). The number of piperidine rings is 1. The topological polar surface area (TPSA) is 236 Å². The number of esters is 1. The normalized spacial score (nSPS) is 20.6. The second-order valence-electron chi connectivity index (χ2n) is 23.5. The van der Waals surface area contributed by atoms with Gasteiger partial charge in [-0.1, -0.05) is 57.2 Å². The Hall–Kier alpha value is -7.75. The van der Waals surface area contributed by atoms with Crippen LogP contribution in [-0.2, 0) is 23.9 Å². The molecule has 7 aromatic rings. The van der Waals surface area contributed by atoms with Crippen molar-refractivity contribution in [1.29, 1.82) is 0 Å². The number of aliphatic imine (C=N–C) groups is 1. The Balaban J connectivity index is 0.656. The Morgan fingerprint density at radius 3 is 2.29 bits per heavy atom. The molecule has 0 unspecified atom stereocenters. The van der Waals surface area contributed by atoms with E-state index in [1.165, 1.54) is 16.9 Å². The van der Waals surface area contributed by atoms with E-state index >= 15 is 0 Å². The van der Waals surface area contributed by atoms with Crippen molar-refractivity contribution in [3.05, 3.63) is 129 Å². The van der Waals surface area contributed by atoms with Crippen LogP contribution in [0.1, 0.15) is 133 Å². The van der Waals surface area contributed by atoms with Gasteiger partial charge in [-0.15, -0.1) is 32.9 Å². The third-order valence-electron chi connectivity index (χ3n) is 16.7. The summed E-state index contributed by atoms with van der Waals surface area (Å²) in [4.78, 5) is 83.8. The third-order valence-corrected chi connectivity index (χ3v) is 18.9. The second-order valence-corrected chi connectivity index (χ2v) is 25.6. The fourth-order valence-electron chi connectivity index (χ4n) is 11.7. The number of hydrogen-bond donors (Lipinski definition) is 4. The number of furan rings is 1. The van der Waals surface area contributed by atoms with Gasteiger partial charge in [-0.3, -0.25) is 33.5 Å². The maximum Gasteiger partial charge on any atom is 0.308 e. The quantitative estimate of drug-likeness (QED) is 0.0704. The third kappa shape index (κ3) is 11.7. The number of anilines is 1. The number of carbonyl (C=O) groups excluding carboxylic acids is 5. The molecule has 4 aromatic heterocycles. The lowest BCUT2D eigenvalue weighted by atomic mass is 9.85. The molecular formula is C62H70N10O9S2. The van der Waals surface area contributed by atoms with Gasteiger partial charge in [0.25, 0.3) is 5.91 Å². The number of aromatic nitrogens is 4. The highest BCUT2D eigenvalue weighted by Crippen LogP contribution is 2.41. The van der Waals surface area contributed by atoms with Crippen LogP contribution in [0.25, 0.3) is 26.4 Å². The number of amides is 4. The van der Waals surface area contributed by atoms with Crippen LogP contribution in [0.15, 0.2) is 87.7 Å². The summed E-state index contributed by atoms with van der Waals surface area (Å²) in [5.74, 6) is 0.0789. The number of aliphatic hydroxyl groups excluding tert-OH is 1. The van der Waals surface area contributed by atoms with Gasteiger partial charge < -0.3 is 44.7 Å². The van der Waals surface area contributed by atoms with Gasteiger partial charge in [-0.05, 0) is 106 Å². The van der Waals surface area contributed by atoms with Crippen LogP contribution in [0.4, 0.5) is 5.69 Å². The molecule has 7 heterocycles. The van der Waals surface area contributed by atoms with Crippen LogP contribution in [0, 0.1) is 39.0 Å². The van der Waals surface area contributed by atoms with E-state index in [9.17, 15) is 29.1 Å². The van der Waals surface area contributed by atoms with Crippen LogP contribution >= 0.6 is 22.7 Å². The van der Waals surface area contributed by atoms with Crippen LogP contribution in [0.3, 0.4) is 0 Å². The molecule has 0 radical (unpaired) electrons. The first-order chi connectivity index (χ1) is 39.7. The number of nitrogens with one attached hydrogen (secondary N) is 3. The minimum absolute atomic E-state index is 0.000850. The summed E-state index contributed by atoms with van der Waals surface area (Å²) in [6.45, 7) is 16.9. The van der Waals surface area contributed by atoms with Gasteiger partial charge >= 0.3 is 5.97 Å². The van der Waals surface area contributed by atoms with E-state index in [0.29, 0.717) is 35.4 Å². The number of methoxy groups -OCH3 is 1. The number of aliphatic hydroxyl groups is 1. The van der Waals surface area contributed by atoms with Crippen LogP contribution < -0.4 is 25.6 Å². The Morgan fingerprint density at radius 2 is 1.60 bits per heavy atom. The van der Waals surface area contributed by atoms with Crippen molar-refractivity contribution in [1.82, 2.24) is 40.6 Å². The summed E-state index contributed by atoms with van der Waals surface area (Å²) in [5, 5.41) is 30.5. The van der Waals surface area contributed by atoms with Crippen molar-refractivity contribution in [3.63, 3.8) is 0 Å². The molecular weight excluding hydrogens is 1090 g/mol. The highest BCUT2D eigenvalue weighted by Gasteiger charge is 2.45. The zero-order valence-corrected chi connectivity index (χ0v) is 49.8. The van der Waals surface area contributed by atoms with Crippen molar-refractivity contribution in [2.75, 3.05) is 31.6 Å². The summed E-state index contributed by atoms with van der Waals surface area (Å²) in [6, 6.07) is 20.3. The predicted octanol–water partition coefficient (Wildman–Crippen LogP) is 8.81. The molecule has 434 valence electrons. The standard InChI is InChI=1S/C62H70N10O9S2/c1-32-35(4)83-61-52(32)53(66-47(29-51(74)79-9)56-69-68-36(5)72(56)61)38-14-16-43(17-15-38)70-22-20-40(21-23-70)57(75)65-42-26-46(27-42)80-45-18-19-49-41(24-45)25-50(81-49)59(77)67-55(62(6,7)8)60(78)71-30-44(73)28-48(71)58(76)64-33(2)37-10-12-39(13-11-37)54-34(3)63-31-82-54/h10-19,24-25,31,33,40,42,44,46-48,55,73H,20-23,26-30H2,1-9H3,(H,64,76)(H,65,75)(H,67,77)/t33-,42-,44+,46+,47-,48-,55+/m0/s1. The van der Waals surface area contributed by atoms with Crippen molar-refractivity contribution in [3.8, 4) is 21.2 Å². The lowest BCUT2D eigenvalue weighted by Crippen LogP contribution is -2.57. The predicted molar refractivity (Wildman–Crippen MR) is 317 cm³/mol. The summed E-state index contributed by atoms with van der Waals surface area (Å²) in [5.41, 5.74) is 9.32. The molecule has 4 amide bonds. The van der Waals surface area contributed by atoms with E-state index in [2.05, 4.69) is 74.1 Å². The van der Waals surface area contributed by atoms with Crippen molar-refractivity contribution in [2.45, 2.75) is 136 Å². The monoisotopic (exact) mass is 1160 g/mol. The van der Waals surface area contributed by atoms with E-state index in [1.807, 2.05) is 82.0 Å². The lowest BCUT2D eigenvalue weighted by Gasteiger charge is -2.38. The highest BCUT2D eigenvalue weighted by molar-refractivity contribution is 7.15. The number of likely N-dealkylation sites (tertiary alicyclic amines) is 1. The van der Waals surface area contributed by atoms with Crippen molar-refractivity contribution < 1.29 is 43.0 Å². The minimum atomic E-state index is -1.06. The number of aryl methyl sites for hydroxylation is 3. The molecule has 5 atom stereocenters. The van der Waals surface area contributed by atoms with E-state index in [1.54, 1.807) is 40.9 Å². The van der Waals surface area contributed by atoms with Crippen molar-refractivity contribution >= 4 is 74.6 Å². The van der Waals surface area contributed by atoms with Gasteiger partial charge in [-0.25, -0.2) is 4.98 Å². The lowest BCUT2D eigenvalue weighted by molar-refractivity contribution is -0.142. The maximum absolute atomic E-state index is 14.4. The first-order valence-corrected chi connectivity index (χ1v) is 30.0. The molecule has 19 nitrogen and oxygen atoms in total. The number of thiazole rings is 1. The number of carbonyl (C=O) groups is 5. The first-order valence-electron chi connectivity index (χ1n) is 28.3. The van der Waals surface area contributed by atoms with Crippen LogP contribution in [-0.4, -0.2) is 122 Å². The summed E-state index contributed by atoms with van der Waals surface area (Å²) in [7, 11) is 1.38. The molecule has 1 aliphatic carbocycles. The minimum Gasteiger partial charge on any atom is -0.490 e. The Kier molecular flexibility index (Phi) is 15.9. The molecule has 4 N–H and O–H groups in total. The fraction of sp³-hybridized carbons (Fsp3) is 0.435. The molecule has 4 aliphatic rings. The maximum atomic E-state index is 14.4. The fourth-order valence-corrected chi connectivity index (χ4v) is 13.7. The van der Waals surface area contributed by atoms with E-state index in [4.69, 9.17) is 18.9 Å². The second kappa shape index (κ2) is 23.1. The largest absolute Gasteiger partial charge is 0.490 e. The average molecular weight is 1160 g/mol. The highest BCUT2D eigenvalue weighted by atomic mass is 32.1. The molecule has 0 bridgehead atoms. The van der Waals surface area contributed by atoms with Gasteiger partial charge in [0.15, 0.2) is 11.6 Å². The average Bonchev–Trinajstić information content (AvgIpc) is 2.23. The Morgan fingerprint density at radius 1 is 0.880 bits per heavy atom. The molecule has 0 spiro atoms. The number of thiophene rings is 1. The molecule has 3 aliphatic heterocycles. The number of nitrogens with zero attached hydrogens (tertiary/aromatic N) is 7. The molecule has 83 heavy (non-hydrogen) atoms. The van der Waals surface area contributed by atoms with E-state index < -0.39 is 47.4 Å². The number of benzene rings is 3. The first kappa shape index (κ1) is 57.1. The number of rotatable bonds is 15. The summed E-state index contributed by atoms with van der Waals surface area (Å²) < 4.78 is 19.4. The smallest absolute Gasteiger partial charge is 0.308 e. The van der Waals surface area contributed by atoms with E-state index in [-0.39, 0.29) is 61.1 Å². The molecule has 3 aromatic carbocycles. The van der Waals surface area contributed by atoms with Gasteiger partial charge in [0, 0.05) is 77.9 Å². The zero-order chi connectivity index (χ0) is 58.6. The van der Waals surface area contributed by atoms with Gasteiger partial charge in [0.2, 0.25) is 17.7 Å². The molecule has 3 fully saturated rings. The SMILES string of the molecule is COC(=O)C[C@@H]1N=C(c2ccc(N3CCC(C(=O)N[C@H]4C[C@@H](Oc5ccc6oc(C(=O)N[C@H](C(=O)N7C[C@H](O)C[C@H]7C(=O)N[C@@H](C)c7ccc(-c8scnc8C)cc7)C(C)(C)C)cc6c5)C4)CC3)cc2)c2c(sc(C)c2C)-n2c(C)nnc21. The van der Waals surface area contributed by atoms with Gasteiger partial charge in [0.05, 0.1) is 47.5 Å². The Labute approximate surface area is 489 Å². The van der Waals surface area contributed by atoms with E-state index in [0.717, 1.165) is 86.5 Å². The van der Waals surface area contributed by atoms with Crippen LogP contribution in [0.5, 0.6) is 5.75 Å². The number of β-amino-alcohol motifs (C(OH)–C–C–N with tert-alkyl or cyclic N) is 1. The van der Waals surface area contributed by atoms with Gasteiger partial charge in [-0.2, -0.15) is 0 Å². The summed E-state index contributed by atoms with van der Waals surface area (Å²) in [6.07, 6.45) is 1.85. The van der Waals surface area contributed by atoms with Crippen LogP contribution in [0.2, 0.25) is 0 Å². The molecule has 21 heteroatoms. The van der Waals surface area contributed by atoms with Crippen molar-refractivity contribution in [2.24, 2.45) is 16.3 Å². The number of fused-ring (bicyclic) bond motifs is 4. The molecule has 2 saturated heterocycles. The number of ether oxygens (including phenoxy) is 2. The Bertz CT molecular complexity index is 3640. The number of hydrogen-bond acceptors (Lipinski definition) is 16. The van der Waals surface area contributed by atoms with Gasteiger partial charge in [0.1, 0.15) is 46.4 Å². The zero-order valence-electron chi connectivity index (χ0n) is 48.1.